The average Bonchev–Trinajstić information content (AvgIpc) is 3.80. The first-order chi connectivity index (χ1) is 28.7. The molecule has 2 bridgehead atoms. The van der Waals surface area contributed by atoms with Gasteiger partial charge in [-0.05, 0) is 97.3 Å². The molecule has 8 aromatic carbocycles. The summed E-state index contributed by atoms with van der Waals surface area (Å²) in [5.74, 6) is 1.42. The second-order valence-corrected chi connectivity index (χ2v) is 17.1. The van der Waals surface area contributed by atoms with Gasteiger partial charge >= 0.3 is 0 Å². The fourth-order valence-electron chi connectivity index (χ4n) is 10.5. The number of hydrogen-bond donors (Lipinski definition) is 0. The number of benzene rings is 8. The molecule has 4 heteroatoms. The van der Waals surface area contributed by atoms with Crippen LogP contribution in [0.3, 0.4) is 0 Å². The van der Waals surface area contributed by atoms with Crippen molar-refractivity contribution in [3.05, 3.63) is 187 Å². The SMILES string of the molecule is CC1c2c(ccc3ccccc23)-c2cc3c(c4c2CC1c1ccccc1-4)c1ccccc1n3-c1nc(-c2ccc(-c3ccccc3)cc2)c2sc3ccccc3c2n1. The fraction of sp³-hybridized carbons (Fsp3) is 0.0741. The van der Waals surface area contributed by atoms with Gasteiger partial charge in [-0.3, -0.25) is 4.57 Å². The molecular weight excluding hydrogens is 723 g/mol. The number of rotatable bonds is 3. The smallest absolute Gasteiger partial charge is 0.235 e. The molecule has 0 fully saturated rings. The molecule has 2 unspecified atom stereocenters. The number of para-hydroxylation sites is 1. The summed E-state index contributed by atoms with van der Waals surface area (Å²) in [5.41, 5.74) is 17.4. The van der Waals surface area contributed by atoms with Crippen molar-refractivity contribution in [1.82, 2.24) is 14.5 Å². The van der Waals surface area contributed by atoms with E-state index in [0.717, 1.165) is 44.3 Å². The van der Waals surface area contributed by atoms with Crippen LogP contribution in [0.25, 0.3) is 103 Å². The molecule has 13 rings (SSSR count). The Labute approximate surface area is 339 Å². The lowest BCUT2D eigenvalue weighted by molar-refractivity contribution is 0.578. The van der Waals surface area contributed by atoms with E-state index in [0.29, 0.717) is 17.8 Å². The van der Waals surface area contributed by atoms with E-state index in [-0.39, 0.29) is 0 Å². The zero-order valence-electron chi connectivity index (χ0n) is 31.8. The minimum absolute atomic E-state index is 0.342. The highest BCUT2D eigenvalue weighted by molar-refractivity contribution is 7.26. The van der Waals surface area contributed by atoms with Crippen LogP contribution >= 0.6 is 11.3 Å². The van der Waals surface area contributed by atoms with E-state index in [4.69, 9.17) is 9.97 Å². The zero-order valence-corrected chi connectivity index (χ0v) is 32.6. The lowest BCUT2D eigenvalue weighted by Crippen LogP contribution is -2.16. The van der Waals surface area contributed by atoms with Crippen LogP contribution in [0, 0.1) is 0 Å². The van der Waals surface area contributed by atoms with Crippen LogP contribution in [0.15, 0.2) is 170 Å². The first kappa shape index (κ1) is 32.2. The molecule has 11 aromatic rings. The van der Waals surface area contributed by atoms with Gasteiger partial charge < -0.3 is 0 Å². The number of hydrogen-bond acceptors (Lipinski definition) is 3. The third-order valence-electron chi connectivity index (χ3n) is 13.1. The van der Waals surface area contributed by atoms with Crippen molar-refractivity contribution < 1.29 is 0 Å². The van der Waals surface area contributed by atoms with Crippen LogP contribution in [-0.2, 0) is 6.42 Å². The summed E-state index contributed by atoms with van der Waals surface area (Å²) >= 11 is 1.78. The largest absolute Gasteiger partial charge is 0.278 e. The first-order valence-electron chi connectivity index (χ1n) is 20.3. The lowest BCUT2D eigenvalue weighted by atomic mass is 9.72. The van der Waals surface area contributed by atoms with E-state index in [1.807, 2.05) is 0 Å². The van der Waals surface area contributed by atoms with E-state index in [1.54, 1.807) is 11.3 Å². The summed E-state index contributed by atoms with van der Waals surface area (Å²) in [6.45, 7) is 2.46. The quantitative estimate of drug-likeness (QED) is 0.180. The molecular formula is C54H35N3S. The Balaban J connectivity index is 1.15. The van der Waals surface area contributed by atoms with E-state index in [2.05, 4.69) is 181 Å². The first-order valence-corrected chi connectivity index (χ1v) is 21.1. The Morgan fingerprint density at radius 1 is 0.569 bits per heavy atom. The Morgan fingerprint density at radius 3 is 2.16 bits per heavy atom. The van der Waals surface area contributed by atoms with Gasteiger partial charge in [-0.15, -0.1) is 11.3 Å². The maximum absolute atomic E-state index is 5.61. The van der Waals surface area contributed by atoms with Crippen molar-refractivity contribution in [2.45, 2.75) is 25.2 Å². The monoisotopic (exact) mass is 757 g/mol. The van der Waals surface area contributed by atoms with E-state index in [1.165, 1.54) is 76.3 Å². The van der Waals surface area contributed by atoms with Crippen molar-refractivity contribution in [3.63, 3.8) is 0 Å². The van der Waals surface area contributed by atoms with Gasteiger partial charge in [0.1, 0.15) is 0 Å². The summed E-state index contributed by atoms with van der Waals surface area (Å²) in [6.07, 6.45) is 1.01. The Morgan fingerprint density at radius 2 is 1.28 bits per heavy atom. The van der Waals surface area contributed by atoms with Crippen molar-refractivity contribution in [3.8, 4) is 50.6 Å². The highest BCUT2D eigenvalue weighted by Gasteiger charge is 2.38. The van der Waals surface area contributed by atoms with Crippen molar-refractivity contribution >= 4 is 64.2 Å². The van der Waals surface area contributed by atoms with Crippen LogP contribution in [-0.4, -0.2) is 14.5 Å². The molecule has 0 amide bonds. The predicted octanol–water partition coefficient (Wildman–Crippen LogP) is 14.5. The molecule has 0 radical (unpaired) electrons. The standard InChI is InChI=1S/C54H35N3S/c1-31-42-29-44-43(39-28-27-34-15-5-6-16-36(34)48(31)39)30-46-50(49(44)38-18-8-7-17-37(38)42)40-19-9-11-21-45(40)57(46)54-55-51(53-52(56-54)41-20-10-12-22-47(41)58-53)35-25-23-33(24-26-35)32-13-3-2-4-14-32/h2-28,30-31,42H,29H2,1H3. The van der Waals surface area contributed by atoms with E-state index < -0.39 is 0 Å². The molecule has 0 N–H and O–H groups in total. The molecule has 2 aliphatic carbocycles. The molecule has 58 heavy (non-hydrogen) atoms. The molecule has 2 aliphatic rings. The molecule has 3 aromatic heterocycles. The summed E-state index contributed by atoms with van der Waals surface area (Å²) in [7, 11) is 0. The minimum Gasteiger partial charge on any atom is -0.278 e. The number of nitrogens with zero attached hydrogens (tertiary/aromatic N) is 3. The predicted molar refractivity (Wildman–Crippen MR) is 243 cm³/mol. The molecule has 0 saturated carbocycles. The summed E-state index contributed by atoms with van der Waals surface area (Å²) in [6, 6.07) is 62.4. The zero-order chi connectivity index (χ0) is 38.1. The molecule has 3 heterocycles. The van der Waals surface area contributed by atoms with Gasteiger partial charge in [-0.25, -0.2) is 9.97 Å². The topological polar surface area (TPSA) is 30.7 Å². The van der Waals surface area contributed by atoms with Crippen LogP contribution in [0.2, 0.25) is 0 Å². The molecule has 0 aliphatic heterocycles. The maximum atomic E-state index is 5.61. The minimum atomic E-state index is 0.342. The Hall–Kier alpha value is -6.88. The van der Waals surface area contributed by atoms with Gasteiger partial charge in [-0.1, -0.05) is 159 Å². The highest BCUT2D eigenvalue weighted by Crippen LogP contribution is 2.57. The van der Waals surface area contributed by atoms with Crippen LogP contribution in [0.5, 0.6) is 0 Å². The number of fused-ring (bicyclic) bond motifs is 15. The van der Waals surface area contributed by atoms with Crippen LogP contribution in [0.1, 0.15) is 35.4 Å². The van der Waals surface area contributed by atoms with Gasteiger partial charge in [0, 0.05) is 26.4 Å². The van der Waals surface area contributed by atoms with Crippen LogP contribution < -0.4 is 0 Å². The van der Waals surface area contributed by atoms with Crippen molar-refractivity contribution in [2.24, 2.45) is 0 Å². The Bertz CT molecular complexity index is 3500. The highest BCUT2D eigenvalue weighted by atomic mass is 32.1. The van der Waals surface area contributed by atoms with Gasteiger partial charge in [0.25, 0.3) is 0 Å². The van der Waals surface area contributed by atoms with Gasteiger partial charge in [0.05, 0.1) is 26.9 Å². The maximum Gasteiger partial charge on any atom is 0.235 e. The van der Waals surface area contributed by atoms with E-state index >= 15 is 0 Å². The van der Waals surface area contributed by atoms with Crippen molar-refractivity contribution in [2.75, 3.05) is 0 Å². The number of thiophene rings is 1. The van der Waals surface area contributed by atoms with Crippen molar-refractivity contribution in [1.29, 1.82) is 0 Å². The normalized spacial score (nSPS) is 15.6. The third-order valence-corrected chi connectivity index (χ3v) is 14.3. The molecule has 0 spiro atoms. The van der Waals surface area contributed by atoms with Gasteiger partial charge in [0.2, 0.25) is 5.95 Å². The third kappa shape index (κ3) is 4.44. The lowest BCUT2D eigenvalue weighted by Gasteiger charge is -2.31. The van der Waals surface area contributed by atoms with Crippen LogP contribution in [0.4, 0.5) is 0 Å². The second-order valence-electron chi connectivity index (χ2n) is 16.1. The summed E-state index contributed by atoms with van der Waals surface area (Å²) in [4.78, 5) is 11.2. The molecule has 0 saturated heterocycles. The average molecular weight is 758 g/mol. The van der Waals surface area contributed by atoms with E-state index in [9.17, 15) is 0 Å². The second kappa shape index (κ2) is 12.1. The van der Waals surface area contributed by atoms with Gasteiger partial charge in [0.15, 0.2) is 0 Å². The number of aromatic nitrogens is 3. The summed E-state index contributed by atoms with van der Waals surface area (Å²) < 4.78 is 4.68. The molecule has 3 nitrogen and oxygen atoms in total. The Kier molecular flexibility index (Phi) is 6.70. The summed E-state index contributed by atoms with van der Waals surface area (Å²) in [5, 5.41) is 6.32. The molecule has 272 valence electrons. The molecule has 2 atom stereocenters. The van der Waals surface area contributed by atoms with Gasteiger partial charge in [-0.2, -0.15) is 0 Å². The fourth-order valence-corrected chi connectivity index (χ4v) is 11.7.